The van der Waals surface area contributed by atoms with Crippen LogP contribution in [0.25, 0.3) is 0 Å². The molecule has 1 unspecified atom stereocenters. The van der Waals surface area contributed by atoms with Crippen molar-refractivity contribution in [1.82, 2.24) is 9.55 Å². The molecule has 3 rings (SSSR count). The molecule has 1 fully saturated rings. The number of hydrogen-bond donors (Lipinski definition) is 1. The van der Waals surface area contributed by atoms with Crippen LogP contribution in [-0.2, 0) is 12.1 Å². The molecule has 0 amide bonds. The van der Waals surface area contributed by atoms with Gasteiger partial charge in [0.1, 0.15) is 17.4 Å². The van der Waals surface area contributed by atoms with Crippen LogP contribution in [0.1, 0.15) is 43.5 Å². The van der Waals surface area contributed by atoms with Gasteiger partial charge < -0.3 is 9.67 Å². The molecule has 1 aliphatic carbocycles. The summed E-state index contributed by atoms with van der Waals surface area (Å²) in [6, 6.07) is 7.59. The number of imidazole rings is 1. The standard InChI is InChI=1S/C19H18ClN3O/c1-3-4-14-5-6-16(17(20)9-14)19(24,18(2)7-8-18)12-23-13-22-11-15(23)10-21/h5-6,9,11,13,24H,7-8,12H2,1-2H3. The van der Waals surface area contributed by atoms with Gasteiger partial charge >= 0.3 is 0 Å². The molecule has 1 atom stereocenters. The Morgan fingerprint density at radius 2 is 2.21 bits per heavy atom. The van der Waals surface area contributed by atoms with Gasteiger partial charge in [-0.1, -0.05) is 30.5 Å². The largest absolute Gasteiger partial charge is 0.383 e. The highest BCUT2D eigenvalue weighted by Crippen LogP contribution is 2.59. The van der Waals surface area contributed by atoms with Gasteiger partial charge in [0.15, 0.2) is 0 Å². The number of halogens is 1. The molecule has 2 aromatic rings. The molecular weight excluding hydrogens is 322 g/mol. The zero-order valence-electron chi connectivity index (χ0n) is 13.7. The van der Waals surface area contributed by atoms with Crippen LogP contribution < -0.4 is 0 Å². The van der Waals surface area contributed by atoms with Gasteiger partial charge in [0.25, 0.3) is 0 Å². The van der Waals surface area contributed by atoms with Crippen molar-refractivity contribution >= 4 is 11.6 Å². The maximum Gasteiger partial charge on any atom is 0.140 e. The van der Waals surface area contributed by atoms with E-state index >= 15 is 0 Å². The monoisotopic (exact) mass is 339 g/mol. The first-order valence-electron chi connectivity index (χ1n) is 7.79. The normalized spacial score (nSPS) is 17.3. The van der Waals surface area contributed by atoms with E-state index in [0.717, 1.165) is 18.4 Å². The minimum absolute atomic E-state index is 0.241. The van der Waals surface area contributed by atoms with E-state index in [2.05, 4.69) is 22.9 Å². The smallest absolute Gasteiger partial charge is 0.140 e. The van der Waals surface area contributed by atoms with E-state index in [4.69, 9.17) is 11.6 Å². The van der Waals surface area contributed by atoms with Crippen LogP contribution >= 0.6 is 11.6 Å². The Balaban J connectivity index is 2.07. The summed E-state index contributed by atoms with van der Waals surface area (Å²) in [6.45, 7) is 4.06. The van der Waals surface area contributed by atoms with Crippen LogP contribution in [0.4, 0.5) is 0 Å². The fourth-order valence-corrected chi connectivity index (χ4v) is 3.40. The molecule has 122 valence electrons. The summed E-state index contributed by atoms with van der Waals surface area (Å²) >= 11 is 6.48. The molecule has 0 saturated heterocycles. The number of aliphatic hydroxyl groups is 1. The molecule has 1 aromatic carbocycles. The van der Waals surface area contributed by atoms with Crippen molar-refractivity contribution in [3.05, 3.63) is 52.6 Å². The topological polar surface area (TPSA) is 61.8 Å². The molecule has 1 N–H and O–H groups in total. The van der Waals surface area contributed by atoms with Crippen molar-refractivity contribution in [2.24, 2.45) is 5.41 Å². The lowest BCUT2D eigenvalue weighted by Crippen LogP contribution is -2.40. The van der Waals surface area contributed by atoms with E-state index < -0.39 is 5.60 Å². The predicted octanol–water partition coefficient (Wildman–Crippen LogP) is 3.47. The van der Waals surface area contributed by atoms with Crippen molar-refractivity contribution in [2.45, 2.75) is 38.8 Å². The highest BCUT2D eigenvalue weighted by atomic mass is 35.5. The number of benzene rings is 1. The molecule has 5 heteroatoms. The maximum absolute atomic E-state index is 11.6. The summed E-state index contributed by atoms with van der Waals surface area (Å²) in [6.07, 6.45) is 4.89. The molecule has 0 radical (unpaired) electrons. The van der Waals surface area contributed by atoms with Crippen LogP contribution in [0.15, 0.2) is 30.7 Å². The Bertz CT molecular complexity index is 880. The van der Waals surface area contributed by atoms with Gasteiger partial charge in [-0.25, -0.2) is 4.98 Å². The molecule has 1 aromatic heterocycles. The number of nitrogens with zero attached hydrogens (tertiary/aromatic N) is 3. The van der Waals surface area contributed by atoms with E-state index in [1.165, 1.54) is 6.20 Å². The Hall–Kier alpha value is -2.27. The first kappa shape index (κ1) is 16.6. The number of nitriles is 1. The summed E-state index contributed by atoms with van der Waals surface area (Å²) in [5.41, 5.74) is 0.459. The number of rotatable bonds is 4. The molecule has 0 bridgehead atoms. The van der Waals surface area contributed by atoms with Gasteiger partial charge in [0.2, 0.25) is 0 Å². The van der Waals surface area contributed by atoms with E-state index in [9.17, 15) is 10.4 Å². The summed E-state index contributed by atoms with van der Waals surface area (Å²) in [4.78, 5) is 4.01. The van der Waals surface area contributed by atoms with Crippen molar-refractivity contribution in [1.29, 1.82) is 5.26 Å². The fraction of sp³-hybridized carbons (Fsp3) is 0.368. The SMILES string of the molecule is CC#Cc1ccc(C(O)(Cn2cncc2C#N)C2(C)CC2)c(Cl)c1. The van der Waals surface area contributed by atoms with Crippen LogP contribution in [0, 0.1) is 28.6 Å². The summed E-state index contributed by atoms with van der Waals surface area (Å²) in [5, 5.41) is 21.3. The highest BCUT2D eigenvalue weighted by molar-refractivity contribution is 6.31. The Morgan fingerprint density at radius 3 is 2.79 bits per heavy atom. The first-order valence-corrected chi connectivity index (χ1v) is 8.17. The average molecular weight is 340 g/mol. The Labute approximate surface area is 146 Å². The second-order valence-electron chi connectivity index (χ2n) is 6.51. The quantitative estimate of drug-likeness (QED) is 0.867. The predicted molar refractivity (Wildman–Crippen MR) is 92.2 cm³/mol. The van der Waals surface area contributed by atoms with Crippen molar-refractivity contribution in [2.75, 3.05) is 0 Å². The van der Waals surface area contributed by atoms with E-state index in [-0.39, 0.29) is 12.0 Å². The molecule has 0 spiro atoms. The van der Waals surface area contributed by atoms with Crippen molar-refractivity contribution in [3.63, 3.8) is 0 Å². The summed E-state index contributed by atoms with van der Waals surface area (Å²) < 4.78 is 1.68. The van der Waals surface area contributed by atoms with Crippen LogP contribution in [0.2, 0.25) is 5.02 Å². The zero-order valence-corrected chi connectivity index (χ0v) is 14.4. The van der Waals surface area contributed by atoms with Gasteiger partial charge in [0.05, 0.1) is 19.1 Å². The maximum atomic E-state index is 11.6. The lowest BCUT2D eigenvalue weighted by Gasteiger charge is -2.36. The third-order valence-electron chi connectivity index (χ3n) is 4.91. The number of hydrogen-bond acceptors (Lipinski definition) is 3. The highest BCUT2D eigenvalue weighted by Gasteiger charge is 2.56. The van der Waals surface area contributed by atoms with Crippen LogP contribution in [-0.4, -0.2) is 14.7 Å². The summed E-state index contributed by atoms with van der Waals surface area (Å²) in [7, 11) is 0. The molecule has 1 heterocycles. The minimum Gasteiger partial charge on any atom is -0.383 e. The van der Waals surface area contributed by atoms with E-state index in [0.29, 0.717) is 16.3 Å². The lowest BCUT2D eigenvalue weighted by atomic mass is 9.79. The second-order valence-corrected chi connectivity index (χ2v) is 6.92. The minimum atomic E-state index is -1.17. The van der Waals surface area contributed by atoms with E-state index in [1.807, 2.05) is 19.1 Å². The third-order valence-corrected chi connectivity index (χ3v) is 5.22. The molecular formula is C19H18ClN3O. The molecule has 4 nitrogen and oxygen atoms in total. The van der Waals surface area contributed by atoms with Crippen LogP contribution in [0.5, 0.6) is 0 Å². The Morgan fingerprint density at radius 1 is 1.46 bits per heavy atom. The first-order chi connectivity index (χ1) is 11.4. The number of aromatic nitrogens is 2. The van der Waals surface area contributed by atoms with Gasteiger partial charge in [0, 0.05) is 21.6 Å². The van der Waals surface area contributed by atoms with Gasteiger partial charge in [-0.2, -0.15) is 5.26 Å². The van der Waals surface area contributed by atoms with Crippen LogP contribution in [0.3, 0.4) is 0 Å². The van der Waals surface area contributed by atoms with Crippen molar-refractivity contribution in [3.8, 4) is 17.9 Å². The lowest BCUT2D eigenvalue weighted by molar-refractivity contribution is -0.0468. The molecule has 0 aliphatic heterocycles. The second kappa shape index (κ2) is 5.98. The third kappa shape index (κ3) is 2.69. The molecule has 24 heavy (non-hydrogen) atoms. The molecule has 1 saturated carbocycles. The molecule has 1 aliphatic rings. The zero-order chi connectivity index (χ0) is 17.4. The fourth-order valence-electron chi connectivity index (χ4n) is 3.06. The summed E-state index contributed by atoms with van der Waals surface area (Å²) in [5.74, 6) is 5.81. The van der Waals surface area contributed by atoms with Crippen molar-refractivity contribution < 1.29 is 5.11 Å². The van der Waals surface area contributed by atoms with Gasteiger partial charge in [-0.05, 0) is 31.9 Å². The Kier molecular flexibility index (Phi) is 4.13. The van der Waals surface area contributed by atoms with Gasteiger partial charge in [-0.15, -0.1) is 5.92 Å². The van der Waals surface area contributed by atoms with Gasteiger partial charge in [-0.3, -0.25) is 0 Å². The van der Waals surface area contributed by atoms with E-state index in [1.54, 1.807) is 23.9 Å². The average Bonchev–Trinajstić information content (AvgIpc) is 3.16.